The number of fused-ring (bicyclic) bond motifs is 5. The van der Waals surface area contributed by atoms with Crippen LogP contribution in [-0.2, 0) is 6.42 Å². The molecule has 5 rings (SSSR count). The lowest BCUT2D eigenvalue weighted by molar-refractivity contribution is -0.160. The Hall–Kier alpha value is -0.860. The second kappa shape index (κ2) is 7.09. The molecule has 2 nitrogen and oxygen atoms in total. The van der Waals surface area contributed by atoms with E-state index in [0.29, 0.717) is 11.3 Å². The maximum absolute atomic E-state index is 11.9. The highest BCUT2D eigenvalue weighted by Gasteiger charge is 2.64. The van der Waals surface area contributed by atoms with E-state index >= 15 is 0 Å². The molecule has 0 aliphatic heterocycles. The van der Waals surface area contributed by atoms with Crippen LogP contribution in [0.25, 0.3) is 0 Å². The first-order valence-corrected chi connectivity index (χ1v) is 12.3. The summed E-state index contributed by atoms with van der Waals surface area (Å²) in [5.41, 5.74) is 1.36. The van der Waals surface area contributed by atoms with Gasteiger partial charge in [0, 0.05) is 0 Å². The Morgan fingerprint density at radius 3 is 2.45 bits per heavy atom. The Balaban J connectivity index is 1.35. The molecule has 0 radical (unpaired) electrons. The van der Waals surface area contributed by atoms with Gasteiger partial charge in [0.2, 0.25) is 0 Å². The summed E-state index contributed by atoms with van der Waals surface area (Å²) in [7, 11) is 0. The molecule has 29 heavy (non-hydrogen) atoms. The van der Waals surface area contributed by atoms with Crippen molar-refractivity contribution < 1.29 is 10.2 Å². The zero-order valence-electron chi connectivity index (χ0n) is 18.4. The molecule has 0 bridgehead atoms. The minimum absolute atomic E-state index is 0.0620. The van der Waals surface area contributed by atoms with Crippen LogP contribution < -0.4 is 0 Å². The molecule has 4 fully saturated rings. The zero-order valence-corrected chi connectivity index (χ0v) is 18.4. The molecule has 8 atom stereocenters. The van der Waals surface area contributed by atoms with Gasteiger partial charge in [-0.25, -0.2) is 0 Å². The van der Waals surface area contributed by atoms with Crippen molar-refractivity contribution in [3.63, 3.8) is 0 Å². The van der Waals surface area contributed by atoms with Gasteiger partial charge in [0.05, 0.1) is 11.7 Å². The van der Waals surface area contributed by atoms with E-state index in [2.05, 4.69) is 44.2 Å². The summed E-state index contributed by atoms with van der Waals surface area (Å²) in [4.78, 5) is 0. The SMILES string of the molecule is C[C@@]12CC[C@@H](O)C[C@@H]1CC[C@H]1[C@H]3CC[C@](O)(CCc4ccccc4)[C@]3(C)CC[C@@H]12. The topological polar surface area (TPSA) is 40.5 Å². The summed E-state index contributed by atoms with van der Waals surface area (Å²) in [6.07, 6.45) is 12.4. The van der Waals surface area contributed by atoms with Crippen LogP contribution in [0, 0.1) is 34.5 Å². The number of hydrogen-bond acceptors (Lipinski definition) is 2. The van der Waals surface area contributed by atoms with E-state index in [9.17, 15) is 10.2 Å². The summed E-state index contributed by atoms with van der Waals surface area (Å²) in [6, 6.07) is 10.7. The Kier molecular flexibility index (Phi) is 4.91. The molecule has 2 N–H and O–H groups in total. The van der Waals surface area contributed by atoms with E-state index in [1.165, 1.54) is 44.1 Å². The number of rotatable bonds is 3. The standard InChI is InChI=1S/C27H40O2/c1-25-14-11-21(28)18-20(25)8-9-22-23(25)12-15-26(2)24(22)13-17-27(26,29)16-10-19-6-4-3-5-7-19/h3-7,20-24,28-29H,8-18H2,1-2H3/t20-,21+,22+,23-,24+,25+,26+,27+/m0/s1. The predicted octanol–water partition coefficient (Wildman–Crippen LogP) is 5.75. The average Bonchev–Trinajstić information content (AvgIpc) is 2.99. The molecule has 0 amide bonds. The number of aliphatic hydroxyl groups is 2. The molecule has 4 saturated carbocycles. The van der Waals surface area contributed by atoms with Crippen LogP contribution in [-0.4, -0.2) is 21.9 Å². The Bertz CT molecular complexity index is 731. The fourth-order valence-electron chi connectivity index (χ4n) is 8.75. The predicted molar refractivity (Wildman–Crippen MR) is 117 cm³/mol. The van der Waals surface area contributed by atoms with E-state index in [0.717, 1.165) is 49.9 Å². The van der Waals surface area contributed by atoms with E-state index < -0.39 is 5.60 Å². The first-order chi connectivity index (χ1) is 13.9. The van der Waals surface area contributed by atoms with Crippen LogP contribution in [0.4, 0.5) is 0 Å². The van der Waals surface area contributed by atoms with Gasteiger partial charge in [-0.05, 0) is 111 Å². The minimum atomic E-state index is -0.501. The maximum atomic E-state index is 11.9. The third kappa shape index (κ3) is 3.04. The second-order valence-electron chi connectivity index (χ2n) is 11.6. The molecule has 0 aromatic heterocycles. The van der Waals surface area contributed by atoms with Crippen molar-refractivity contribution in [1.82, 2.24) is 0 Å². The molecule has 4 aliphatic carbocycles. The maximum Gasteiger partial charge on any atom is 0.0707 e. The van der Waals surface area contributed by atoms with E-state index in [-0.39, 0.29) is 11.5 Å². The molecule has 0 heterocycles. The Morgan fingerprint density at radius 1 is 0.897 bits per heavy atom. The summed E-state index contributed by atoms with van der Waals surface area (Å²) < 4.78 is 0. The average molecular weight is 397 g/mol. The Morgan fingerprint density at radius 2 is 1.66 bits per heavy atom. The van der Waals surface area contributed by atoms with Crippen molar-refractivity contribution in [2.75, 3.05) is 0 Å². The van der Waals surface area contributed by atoms with E-state index in [1.54, 1.807) is 0 Å². The minimum Gasteiger partial charge on any atom is -0.393 e. The molecule has 1 aromatic rings. The van der Waals surface area contributed by atoms with Gasteiger partial charge in [0.1, 0.15) is 0 Å². The normalized spacial score (nSPS) is 49.2. The van der Waals surface area contributed by atoms with Gasteiger partial charge in [-0.1, -0.05) is 44.2 Å². The lowest BCUT2D eigenvalue weighted by Gasteiger charge is -2.61. The molecule has 4 aliphatic rings. The molecular formula is C27H40O2. The van der Waals surface area contributed by atoms with Crippen molar-refractivity contribution in [2.24, 2.45) is 34.5 Å². The molecule has 0 spiro atoms. The van der Waals surface area contributed by atoms with Gasteiger partial charge in [0.15, 0.2) is 0 Å². The zero-order chi connectivity index (χ0) is 20.3. The van der Waals surface area contributed by atoms with Crippen LogP contribution in [0.5, 0.6) is 0 Å². The fourth-order valence-corrected chi connectivity index (χ4v) is 8.75. The van der Waals surface area contributed by atoms with Crippen molar-refractivity contribution >= 4 is 0 Å². The highest BCUT2D eigenvalue weighted by atomic mass is 16.3. The van der Waals surface area contributed by atoms with E-state index in [1.807, 2.05) is 0 Å². The number of hydrogen-bond donors (Lipinski definition) is 2. The molecule has 0 unspecified atom stereocenters. The Labute approximate surface area is 177 Å². The second-order valence-corrected chi connectivity index (χ2v) is 11.6. The van der Waals surface area contributed by atoms with Crippen molar-refractivity contribution in [3.8, 4) is 0 Å². The summed E-state index contributed by atoms with van der Waals surface area (Å²) in [5.74, 6) is 3.00. The number of aliphatic hydroxyl groups excluding tert-OH is 1. The van der Waals surface area contributed by atoms with Gasteiger partial charge in [-0.3, -0.25) is 0 Å². The number of aryl methyl sites for hydroxylation is 1. The first-order valence-electron chi connectivity index (χ1n) is 12.3. The highest BCUT2D eigenvalue weighted by Crippen LogP contribution is 2.68. The molecule has 160 valence electrons. The van der Waals surface area contributed by atoms with Crippen molar-refractivity contribution in [3.05, 3.63) is 35.9 Å². The highest BCUT2D eigenvalue weighted by molar-refractivity contribution is 5.18. The van der Waals surface area contributed by atoms with Gasteiger partial charge < -0.3 is 10.2 Å². The van der Waals surface area contributed by atoms with E-state index in [4.69, 9.17) is 0 Å². The number of benzene rings is 1. The first kappa shape index (κ1) is 20.1. The van der Waals surface area contributed by atoms with Gasteiger partial charge in [-0.15, -0.1) is 0 Å². The van der Waals surface area contributed by atoms with Gasteiger partial charge in [0.25, 0.3) is 0 Å². The van der Waals surface area contributed by atoms with Crippen LogP contribution >= 0.6 is 0 Å². The van der Waals surface area contributed by atoms with Crippen molar-refractivity contribution in [2.45, 2.75) is 96.2 Å². The third-order valence-electron chi connectivity index (χ3n) is 10.6. The van der Waals surface area contributed by atoms with Gasteiger partial charge in [-0.2, -0.15) is 0 Å². The smallest absolute Gasteiger partial charge is 0.0707 e. The van der Waals surface area contributed by atoms with Crippen LogP contribution in [0.15, 0.2) is 30.3 Å². The summed E-state index contributed by atoms with van der Waals surface area (Å²) in [5, 5.41) is 22.1. The van der Waals surface area contributed by atoms with Crippen LogP contribution in [0.2, 0.25) is 0 Å². The summed E-state index contributed by atoms with van der Waals surface area (Å²) >= 11 is 0. The molecule has 0 saturated heterocycles. The largest absolute Gasteiger partial charge is 0.393 e. The monoisotopic (exact) mass is 396 g/mol. The van der Waals surface area contributed by atoms with Crippen LogP contribution in [0.1, 0.15) is 83.6 Å². The molecule has 2 heteroatoms. The third-order valence-corrected chi connectivity index (χ3v) is 10.6. The lowest BCUT2D eigenvalue weighted by atomic mass is 9.44. The van der Waals surface area contributed by atoms with Crippen LogP contribution in [0.3, 0.4) is 0 Å². The van der Waals surface area contributed by atoms with Crippen molar-refractivity contribution in [1.29, 1.82) is 0 Å². The summed E-state index contributed by atoms with van der Waals surface area (Å²) in [6.45, 7) is 4.99. The quantitative estimate of drug-likeness (QED) is 0.682. The van der Waals surface area contributed by atoms with Gasteiger partial charge >= 0.3 is 0 Å². The fraction of sp³-hybridized carbons (Fsp3) is 0.778. The molecule has 1 aromatic carbocycles. The molecular weight excluding hydrogens is 356 g/mol. The lowest BCUT2D eigenvalue weighted by Crippen LogP contribution is -2.56.